The molecular formula is C22H26FN3O3. The normalized spacial score (nSPS) is 19.4. The van der Waals surface area contributed by atoms with Crippen molar-refractivity contribution in [1.29, 1.82) is 0 Å². The third-order valence-electron chi connectivity index (χ3n) is 5.10. The topological polar surface area (TPSA) is 91.3 Å². The number of rotatable bonds is 5. The fourth-order valence-electron chi connectivity index (χ4n) is 3.36. The van der Waals surface area contributed by atoms with E-state index < -0.39 is 5.60 Å². The summed E-state index contributed by atoms with van der Waals surface area (Å²) >= 11 is 0. The first kappa shape index (κ1) is 20.9. The standard InChI is InChI=1S/C22H26FN3O3/c1-22(2,29)21(28)26-18-9-7-17(8-10-18)25-20(27)15-6-11-19(24-13-15)14-4-3-5-16(23)12-14/h3-6,11-13,17-18,29H,7-10H2,1-2H3,(H,25,27)(H,26,28). The average molecular weight is 399 g/mol. The second-order valence-electron chi connectivity index (χ2n) is 8.00. The molecule has 1 aliphatic carbocycles. The van der Waals surface area contributed by atoms with Crippen LogP contribution >= 0.6 is 0 Å². The Kier molecular flexibility index (Phi) is 6.27. The average Bonchev–Trinajstić information content (AvgIpc) is 2.69. The van der Waals surface area contributed by atoms with Crippen LogP contribution in [0, 0.1) is 5.82 Å². The number of nitrogens with zero attached hydrogens (tertiary/aromatic N) is 1. The smallest absolute Gasteiger partial charge is 0.253 e. The minimum Gasteiger partial charge on any atom is -0.381 e. The lowest BCUT2D eigenvalue weighted by atomic mass is 9.90. The summed E-state index contributed by atoms with van der Waals surface area (Å²) in [6.07, 6.45) is 4.46. The molecule has 0 radical (unpaired) electrons. The molecule has 0 spiro atoms. The lowest BCUT2D eigenvalue weighted by Crippen LogP contribution is -2.49. The van der Waals surface area contributed by atoms with Crippen LogP contribution in [-0.2, 0) is 4.79 Å². The van der Waals surface area contributed by atoms with Crippen molar-refractivity contribution in [2.75, 3.05) is 0 Å². The number of aliphatic hydroxyl groups is 1. The minimum atomic E-state index is -1.39. The molecule has 3 rings (SSSR count). The summed E-state index contributed by atoms with van der Waals surface area (Å²) in [5.74, 6) is -0.915. The first-order chi connectivity index (χ1) is 13.7. The van der Waals surface area contributed by atoms with Crippen molar-refractivity contribution in [3.8, 4) is 11.3 Å². The highest BCUT2D eigenvalue weighted by Crippen LogP contribution is 2.21. The van der Waals surface area contributed by atoms with Crippen LogP contribution in [0.5, 0.6) is 0 Å². The third kappa shape index (κ3) is 5.60. The molecule has 0 aliphatic heterocycles. The summed E-state index contributed by atoms with van der Waals surface area (Å²) in [4.78, 5) is 28.6. The number of halogens is 1. The van der Waals surface area contributed by atoms with Crippen molar-refractivity contribution in [3.63, 3.8) is 0 Å². The Morgan fingerprint density at radius 3 is 2.28 bits per heavy atom. The van der Waals surface area contributed by atoms with Crippen molar-refractivity contribution >= 4 is 11.8 Å². The van der Waals surface area contributed by atoms with E-state index in [-0.39, 0.29) is 29.7 Å². The zero-order valence-corrected chi connectivity index (χ0v) is 16.6. The molecule has 1 heterocycles. The van der Waals surface area contributed by atoms with E-state index in [4.69, 9.17) is 0 Å². The number of hydrogen-bond acceptors (Lipinski definition) is 4. The van der Waals surface area contributed by atoms with Gasteiger partial charge in [0.2, 0.25) is 0 Å². The molecule has 6 nitrogen and oxygen atoms in total. The summed E-state index contributed by atoms with van der Waals surface area (Å²) in [6.45, 7) is 2.92. The van der Waals surface area contributed by atoms with Crippen LogP contribution in [0.4, 0.5) is 4.39 Å². The van der Waals surface area contributed by atoms with Crippen LogP contribution in [0.15, 0.2) is 42.6 Å². The van der Waals surface area contributed by atoms with Gasteiger partial charge >= 0.3 is 0 Å². The molecular weight excluding hydrogens is 373 g/mol. The van der Waals surface area contributed by atoms with E-state index in [0.717, 1.165) is 25.7 Å². The number of amides is 2. The van der Waals surface area contributed by atoms with E-state index in [1.54, 1.807) is 24.3 Å². The van der Waals surface area contributed by atoms with Gasteiger partial charge in [-0.05, 0) is 63.8 Å². The number of pyridine rings is 1. The summed E-state index contributed by atoms with van der Waals surface area (Å²) in [5, 5.41) is 15.6. The number of carbonyl (C=O) groups is 2. The van der Waals surface area contributed by atoms with Gasteiger partial charge in [0, 0.05) is 23.8 Å². The highest BCUT2D eigenvalue weighted by atomic mass is 19.1. The molecule has 0 unspecified atom stereocenters. The van der Waals surface area contributed by atoms with Crippen LogP contribution < -0.4 is 10.6 Å². The maximum absolute atomic E-state index is 13.3. The van der Waals surface area contributed by atoms with E-state index in [0.29, 0.717) is 16.8 Å². The first-order valence-electron chi connectivity index (χ1n) is 9.78. The quantitative estimate of drug-likeness (QED) is 0.721. The summed E-state index contributed by atoms with van der Waals surface area (Å²) < 4.78 is 13.3. The van der Waals surface area contributed by atoms with Gasteiger partial charge in [0.05, 0.1) is 11.3 Å². The summed E-state index contributed by atoms with van der Waals surface area (Å²) in [6, 6.07) is 9.57. The molecule has 2 amide bonds. The Morgan fingerprint density at radius 2 is 1.72 bits per heavy atom. The van der Waals surface area contributed by atoms with E-state index >= 15 is 0 Å². The van der Waals surface area contributed by atoms with Gasteiger partial charge < -0.3 is 15.7 Å². The largest absolute Gasteiger partial charge is 0.381 e. The highest BCUT2D eigenvalue weighted by molar-refractivity contribution is 5.94. The predicted octanol–water partition coefficient (Wildman–Crippen LogP) is 2.82. The molecule has 2 aromatic rings. The molecule has 1 fully saturated rings. The van der Waals surface area contributed by atoms with Gasteiger partial charge in [0.25, 0.3) is 11.8 Å². The third-order valence-corrected chi connectivity index (χ3v) is 5.10. The van der Waals surface area contributed by atoms with Gasteiger partial charge in [-0.3, -0.25) is 14.6 Å². The van der Waals surface area contributed by atoms with Gasteiger partial charge in [0.15, 0.2) is 0 Å². The van der Waals surface area contributed by atoms with Crippen molar-refractivity contribution in [2.45, 2.75) is 57.2 Å². The number of benzene rings is 1. The van der Waals surface area contributed by atoms with Gasteiger partial charge in [-0.15, -0.1) is 0 Å². The van der Waals surface area contributed by atoms with Crippen molar-refractivity contribution < 1.29 is 19.1 Å². The van der Waals surface area contributed by atoms with E-state index in [9.17, 15) is 19.1 Å². The molecule has 1 aliphatic rings. The van der Waals surface area contributed by atoms with E-state index in [1.165, 1.54) is 32.2 Å². The first-order valence-corrected chi connectivity index (χ1v) is 9.78. The number of hydrogen-bond donors (Lipinski definition) is 3. The Bertz CT molecular complexity index is 870. The fraction of sp³-hybridized carbons (Fsp3) is 0.409. The van der Waals surface area contributed by atoms with Gasteiger partial charge in [-0.2, -0.15) is 0 Å². The summed E-state index contributed by atoms with van der Waals surface area (Å²) in [7, 11) is 0. The molecule has 29 heavy (non-hydrogen) atoms. The lowest BCUT2D eigenvalue weighted by molar-refractivity contribution is -0.137. The Labute approximate surface area is 169 Å². The van der Waals surface area contributed by atoms with Crippen molar-refractivity contribution in [2.24, 2.45) is 0 Å². The zero-order chi connectivity index (χ0) is 21.0. The number of aromatic nitrogens is 1. The van der Waals surface area contributed by atoms with Gasteiger partial charge in [-0.1, -0.05) is 12.1 Å². The molecule has 0 saturated heterocycles. The molecule has 3 N–H and O–H groups in total. The van der Waals surface area contributed by atoms with E-state index in [2.05, 4.69) is 15.6 Å². The fourth-order valence-corrected chi connectivity index (χ4v) is 3.36. The van der Waals surface area contributed by atoms with Crippen molar-refractivity contribution in [3.05, 3.63) is 54.0 Å². The van der Waals surface area contributed by atoms with Crippen molar-refractivity contribution in [1.82, 2.24) is 15.6 Å². The Balaban J connectivity index is 1.52. The highest BCUT2D eigenvalue weighted by Gasteiger charge is 2.29. The van der Waals surface area contributed by atoms with E-state index in [1.807, 2.05) is 0 Å². The lowest BCUT2D eigenvalue weighted by Gasteiger charge is -2.31. The van der Waals surface area contributed by atoms with Crippen LogP contribution in [0.3, 0.4) is 0 Å². The molecule has 0 bridgehead atoms. The predicted molar refractivity (Wildman–Crippen MR) is 108 cm³/mol. The SMILES string of the molecule is CC(C)(O)C(=O)NC1CCC(NC(=O)c2ccc(-c3cccc(F)c3)nc2)CC1. The maximum atomic E-state index is 13.3. The maximum Gasteiger partial charge on any atom is 0.253 e. The van der Waals surface area contributed by atoms with Crippen LogP contribution in [0.1, 0.15) is 49.9 Å². The molecule has 0 atom stereocenters. The monoisotopic (exact) mass is 399 g/mol. The molecule has 1 aromatic carbocycles. The minimum absolute atomic E-state index is 0.00861. The van der Waals surface area contributed by atoms with Crippen LogP contribution in [0.2, 0.25) is 0 Å². The zero-order valence-electron chi connectivity index (χ0n) is 16.6. The molecule has 1 aromatic heterocycles. The Morgan fingerprint density at radius 1 is 1.07 bits per heavy atom. The molecule has 1 saturated carbocycles. The number of carbonyl (C=O) groups excluding carboxylic acids is 2. The van der Waals surface area contributed by atoms with Gasteiger partial charge in [-0.25, -0.2) is 4.39 Å². The molecule has 154 valence electrons. The molecule has 7 heteroatoms. The van der Waals surface area contributed by atoms with Crippen LogP contribution in [-0.4, -0.2) is 39.6 Å². The van der Waals surface area contributed by atoms with Crippen LogP contribution in [0.25, 0.3) is 11.3 Å². The second-order valence-corrected chi connectivity index (χ2v) is 8.00. The second kappa shape index (κ2) is 8.69. The number of nitrogens with one attached hydrogen (secondary N) is 2. The summed E-state index contributed by atoms with van der Waals surface area (Å²) in [5.41, 5.74) is 0.311. The van der Waals surface area contributed by atoms with Gasteiger partial charge in [0.1, 0.15) is 11.4 Å². The Hall–Kier alpha value is -2.80.